The fourth-order valence-corrected chi connectivity index (χ4v) is 2.81. The smallest absolute Gasteiger partial charge is 0.224 e. The van der Waals surface area contributed by atoms with Crippen molar-refractivity contribution >= 4 is 23.4 Å². The van der Waals surface area contributed by atoms with Crippen molar-refractivity contribution in [3.05, 3.63) is 76.9 Å². The van der Waals surface area contributed by atoms with Crippen molar-refractivity contribution in [2.75, 3.05) is 24.3 Å². The lowest BCUT2D eigenvalue weighted by atomic mass is 10.1. The Balaban J connectivity index is 1.54. The van der Waals surface area contributed by atoms with Gasteiger partial charge in [-0.2, -0.15) is 4.98 Å². The van der Waals surface area contributed by atoms with Crippen LogP contribution in [0.15, 0.2) is 60.8 Å². The first-order chi connectivity index (χ1) is 12.7. The summed E-state index contributed by atoms with van der Waals surface area (Å²) in [6.07, 6.45) is 2.60. The van der Waals surface area contributed by atoms with Crippen LogP contribution in [-0.2, 0) is 13.0 Å². The number of methoxy groups -OCH3 is 1. The number of anilines is 2. The molecule has 0 bridgehead atoms. The molecular formula is C20H21ClN4O. The Hall–Kier alpha value is -2.79. The predicted molar refractivity (Wildman–Crippen MR) is 106 cm³/mol. The normalized spacial score (nSPS) is 10.4. The third-order valence-electron chi connectivity index (χ3n) is 3.89. The molecule has 2 aromatic carbocycles. The minimum atomic E-state index is 0.573. The van der Waals surface area contributed by atoms with E-state index in [1.54, 1.807) is 13.3 Å². The lowest BCUT2D eigenvalue weighted by Crippen LogP contribution is -2.09. The van der Waals surface area contributed by atoms with E-state index in [2.05, 4.69) is 26.7 Å². The molecule has 6 heteroatoms. The van der Waals surface area contributed by atoms with Gasteiger partial charge in [-0.3, -0.25) is 0 Å². The summed E-state index contributed by atoms with van der Waals surface area (Å²) in [5, 5.41) is 7.30. The van der Waals surface area contributed by atoms with Crippen LogP contribution in [0.4, 0.5) is 11.8 Å². The maximum absolute atomic E-state index is 6.01. The molecule has 3 rings (SSSR count). The highest BCUT2D eigenvalue weighted by Crippen LogP contribution is 2.18. The van der Waals surface area contributed by atoms with E-state index in [9.17, 15) is 0 Å². The van der Waals surface area contributed by atoms with Crippen molar-refractivity contribution in [1.29, 1.82) is 0 Å². The van der Waals surface area contributed by atoms with Crippen LogP contribution >= 0.6 is 11.6 Å². The second kappa shape index (κ2) is 9.06. The van der Waals surface area contributed by atoms with Crippen molar-refractivity contribution in [3.63, 3.8) is 0 Å². The molecule has 1 heterocycles. The lowest BCUT2D eigenvalue weighted by molar-refractivity contribution is 0.410. The topological polar surface area (TPSA) is 59.1 Å². The quantitative estimate of drug-likeness (QED) is 0.617. The zero-order chi connectivity index (χ0) is 18.2. The lowest BCUT2D eigenvalue weighted by Gasteiger charge is -2.10. The fourth-order valence-electron chi connectivity index (χ4n) is 2.59. The Kier molecular flexibility index (Phi) is 6.28. The van der Waals surface area contributed by atoms with E-state index in [0.29, 0.717) is 12.5 Å². The molecule has 0 fully saturated rings. The first kappa shape index (κ1) is 18.0. The van der Waals surface area contributed by atoms with E-state index >= 15 is 0 Å². The first-order valence-corrected chi connectivity index (χ1v) is 8.79. The third kappa shape index (κ3) is 5.10. The molecule has 0 aliphatic rings. The van der Waals surface area contributed by atoms with Crippen molar-refractivity contribution in [2.45, 2.75) is 13.0 Å². The summed E-state index contributed by atoms with van der Waals surface area (Å²) in [5.41, 5.74) is 2.24. The van der Waals surface area contributed by atoms with E-state index in [-0.39, 0.29) is 0 Å². The number of benzene rings is 2. The second-order valence-electron chi connectivity index (χ2n) is 5.74. The van der Waals surface area contributed by atoms with Gasteiger partial charge in [-0.05, 0) is 36.2 Å². The zero-order valence-corrected chi connectivity index (χ0v) is 15.3. The average Bonchev–Trinajstić information content (AvgIpc) is 2.67. The van der Waals surface area contributed by atoms with E-state index in [1.165, 1.54) is 5.56 Å². The molecule has 3 aromatic rings. The summed E-state index contributed by atoms with van der Waals surface area (Å²) >= 11 is 6.01. The molecule has 0 saturated heterocycles. The molecule has 0 saturated carbocycles. The van der Waals surface area contributed by atoms with E-state index in [1.807, 2.05) is 48.5 Å². The molecule has 0 aliphatic heterocycles. The number of rotatable bonds is 8. The monoisotopic (exact) mass is 368 g/mol. The van der Waals surface area contributed by atoms with Gasteiger partial charge in [0.2, 0.25) is 5.95 Å². The highest BCUT2D eigenvalue weighted by molar-refractivity contribution is 6.30. The average molecular weight is 369 g/mol. The van der Waals surface area contributed by atoms with Gasteiger partial charge >= 0.3 is 0 Å². The van der Waals surface area contributed by atoms with Crippen LogP contribution in [0.3, 0.4) is 0 Å². The molecule has 5 nitrogen and oxygen atoms in total. The molecule has 0 aliphatic carbocycles. The summed E-state index contributed by atoms with van der Waals surface area (Å²) < 4.78 is 5.36. The molecule has 0 atom stereocenters. The van der Waals surface area contributed by atoms with Crippen LogP contribution in [0.2, 0.25) is 5.02 Å². The highest BCUT2D eigenvalue weighted by atomic mass is 35.5. The number of para-hydroxylation sites is 1. The summed E-state index contributed by atoms with van der Waals surface area (Å²) in [6, 6.07) is 17.6. The van der Waals surface area contributed by atoms with Crippen molar-refractivity contribution in [1.82, 2.24) is 9.97 Å². The van der Waals surface area contributed by atoms with Gasteiger partial charge in [0.25, 0.3) is 0 Å². The zero-order valence-electron chi connectivity index (χ0n) is 14.6. The van der Waals surface area contributed by atoms with Gasteiger partial charge < -0.3 is 15.4 Å². The molecule has 134 valence electrons. The van der Waals surface area contributed by atoms with Gasteiger partial charge in [0.1, 0.15) is 11.6 Å². The number of ether oxygens (including phenoxy) is 1. The molecule has 0 unspecified atom stereocenters. The molecule has 26 heavy (non-hydrogen) atoms. The summed E-state index contributed by atoms with van der Waals surface area (Å²) in [4.78, 5) is 8.76. The van der Waals surface area contributed by atoms with Crippen molar-refractivity contribution in [2.24, 2.45) is 0 Å². The Bertz CT molecular complexity index is 856. The van der Waals surface area contributed by atoms with Gasteiger partial charge in [0.05, 0.1) is 7.11 Å². The fraction of sp³-hybridized carbons (Fsp3) is 0.200. The number of hydrogen-bond donors (Lipinski definition) is 2. The number of nitrogens with zero attached hydrogens (tertiary/aromatic N) is 2. The number of aromatic nitrogens is 2. The van der Waals surface area contributed by atoms with Crippen LogP contribution in [0, 0.1) is 0 Å². The van der Waals surface area contributed by atoms with Crippen molar-refractivity contribution < 1.29 is 4.74 Å². The maximum Gasteiger partial charge on any atom is 0.224 e. The van der Waals surface area contributed by atoms with Gasteiger partial charge in [-0.25, -0.2) is 4.98 Å². The molecule has 0 radical (unpaired) electrons. The van der Waals surface area contributed by atoms with Crippen LogP contribution in [0.5, 0.6) is 5.75 Å². The minimum absolute atomic E-state index is 0.573. The second-order valence-corrected chi connectivity index (χ2v) is 6.17. The van der Waals surface area contributed by atoms with Gasteiger partial charge in [0, 0.05) is 29.9 Å². The highest BCUT2D eigenvalue weighted by Gasteiger charge is 2.04. The van der Waals surface area contributed by atoms with E-state index < -0.39 is 0 Å². The Morgan fingerprint density at radius 3 is 2.77 bits per heavy atom. The van der Waals surface area contributed by atoms with Gasteiger partial charge in [-0.15, -0.1) is 0 Å². The van der Waals surface area contributed by atoms with Gasteiger partial charge in [0.15, 0.2) is 0 Å². The Morgan fingerprint density at radius 2 is 1.92 bits per heavy atom. The predicted octanol–water partition coefficient (Wildman–Crippen LogP) is 4.41. The van der Waals surface area contributed by atoms with Crippen LogP contribution in [-0.4, -0.2) is 23.6 Å². The largest absolute Gasteiger partial charge is 0.496 e. The first-order valence-electron chi connectivity index (χ1n) is 8.42. The van der Waals surface area contributed by atoms with Crippen molar-refractivity contribution in [3.8, 4) is 5.75 Å². The Morgan fingerprint density at radius 1 is 1.04 bits per heavy atom. The van der Waals surface area contributed by atoms with E-state index in [4.69, 9.17) is 16.3 Å². The molecule has 0 amide bonds. The van der Waals surface area contributed by atoms with Crippen LogP contribution < -0.4 is 15.4 Å². The SMILES string of the molecule is COc1ccccc1CNc1nccc(NCCc2cccc(Cl)c2)n1. The summed E-state index contributed by atoms with van der Waals surface area (Å²) in [7, 11) is 1.67. The number of hydrogen-bond acceptors (Lipinski definition) is 5. The third-order valence-corrected chi connectivity index (χ3v) is 4.13. The molecule has 2 N–H and O–H groups in total. The summed E-state index contributed by atoms with van der Waals surface area (Å²) in [6.45, 7) is 1.36. The molecular weight excluding hydrogens is 348 g/mol. The molecule has 0 spiro atoms. The maximum atomic E-state index is 6.01. The number of halogens is 1. The Labute approximate surface area is 158 Å². The van der Waals surface area contributed by atoms with Crippen LogP contribution in [0.1, 0.15) is 11.1 Å². The molecule has 1 aromatic heterocycles. The van der Waals surface area contributed by atoms with E-state index in [0.717, 1.165) is 35.1 Å². The number of nitrogens with one attached hydrogen (secondary N) is 2. The summed E-state index contributed by atoms with van der Waals surface area (Å²) in [5.74, 6) is 2.20. The van der Waals surface area contributed by atoms with Crippen LogP contribution in [0.25, 0.3) is 0 Å². The minimum Gasteiger partial charge on any atom is -0.496 e. The standard InChI is InChI=1S/C20H21ClN4O/c1-26-18-8-3-2-6-16(18)14-24-20-23-12-10-19(25-20)22-11-9-15-5-4-7-17(21)13-15/h2-8,10,12-13H,9,11,14H2,1H3,(H2,22,23,24,25). The van der Waals surface area contributed by atoms with Gasteiger partial charge in [-0.1, -0.05) is 41.9 Å².